The topological polar surface area (TPSA) is 59.4 Å². The highest BCUT2D eigenvalue weighted by molar-refractivity contribution is 5.71. The number of rotatable bonds is 7. The fourth-order valence-electron chi connectivity index (χ4n) is 5.57. The molecule has 2 aliphatic rings. The summed E-state index contributed by atoms with van der Waals surface area (Å²) >= 11 is 0. The summed E-state index contributed by atoms with van der Waals surface area (Å²) in [5, 5.41) is 9.63. The zero-order chi connectivity index (χ0) is 23.8. The first-order valence-electron chi connectivity index (χ1n) is 12.1. The van der Waals surface area contributed by atoms with Gasteiger partial charge in [-0.2, -0.15) is 0 Å². The van der Waals surface area contributed by atoms with Gasteiger partial charge < -0.3 is 9.84 Å². The van der Waals surface area contributed by atoms with E-state index in [2.05, 4.69) is 23.2 Å². The van der Waals surface area contributed by atoms with E-state index in [9.17, 15) is 9.90 Å². The molecule has 0 aliphatic heterocycles. The summed E-state index contributed by atoms with van der Waals surface area (Å²) in [5.74, 6) is -0.197. The quantitative estimate of drug-likeness (QED) is 0.445. The Kier molecular flexibility index (Phi) is 6.11. The van der Waals surface area contributed by atoms with Crippen LogP contribution in [0.5, 0.6) is 5.88 Å². The Morgan fingerprint density at radius 2 is 1.85 bits per heavy atom. The van der Waals surface area contributed by atoms with Crippen molar-refractivity contribution in [1.82, 2.24) is 4.98 Å². The third-order valence-electron chi connectivity index (χ3n) is 7.62. The molecular weight excluding hydrogens is 429 g/mol. The molecule has 5 heteroatoms. The lowest BCUT2D eigenvalue weighted by molar-refractivity contribution is -0.142. The molecule has 3 atom stereocenters. The minimum absolute atomic E-state index is 0.0524. The van der Waals surface area contributed by atoms with Crippen molar-refractivity contribution in [2.75, 3.05) is 7.11 Å². The second-order valence-electron chi connectivity index (χ2n) is 9.78. The smallest absolute Gasteiger partial charge is 0.306 e. The van der Waals surface area contributed by atoms with Gasteiger partial charge in [-0.1, -0.05) is 37.3 Å². The molecule has 1 saturated carbocycles. The molecule has 0 saturated heterocycles. The van der Waals surface area contributed by atoms with Gasteiger partial charge in [-0.05, 0) is 95.4 Å². The lowest BCUT2D eigenvalue weighted by Crippen LogP contribution is -2.21. The third kappa shape index (κ3) is 4.44. The van der Waals surface area contributed by atoms with E-state index >= 15 is 4.39 Å². The number of aliphatic carboxylic acids is 1. The van der Waals surface area contributed by atoms with Crippen LogP contribution in [0.4, 0.5) is 4.39 Å². The van der Waals surface area contributed by atoms with Crippen molar-refractivity contribution in [2.45, 2.75) is 50.9 Å². The van der Waals surface area contributed by atoms with Crippen molar-refractivity contribution in [2.24, 2.45) is 11.8 Å². The molecule has 5 rings (SSSR count). The summed E-state index contributed by atoms with van der Waals surface area (Å²) in [6.45, 7) is 1.82. The zero-order valence-electron chi connectivity index (χ0n) is 19.6. The number of halogens is 1. The molecule has 34 heavy (non-hydrogen) atoms. The van der Waals surface area contributed by atoms with Crippen molar-refractivity contribution in [3.05, 3.63) is 82.8 Å². The second kappa shape index (κ2) is 9.21. The Labute approximate surface area is 199 Å². The van der Waals surface area contributed by atoms with Gasteiger partial charge in [0.05, 0.1) is 13.0 Å². The maximum Gasteiger partial charge on any atom is 0.306 e. The lowest BCUT2D eigenvalue weighted by atomic mass is 9.76. The molecule has 176 valence electrons. The number of carboxylic acid groups (broad SMARTS) is 1. The van der Waals surface area contributed by atoms with Crippen LogP contribution in [0.2, 0.25) is 0 Å². The van der Waals surface area contributed by atoms with Gasteiger partial charge in [0, 0.05) is 12.3 Å². The second-order valence-corrected chi connectivity index (χ2v) is 9.78. The number of benzene rings is 2. The Morgan fingerprint density at radius 3 is 2.56 bits per heavy atom. The summed E-state index contributed by atoms with van der Waals surface area (Å²) < 4.78 is 20.5. The molecule has 3 aromatic rings. The number of carbonyl (C=O) groups is 1. The Hall–Kier alpha value is -3.21. The summed E-state index contributed by atoms with van der Waals surface area (Å²) in [5.41, 5.74) is 6.08. The van der Waals surface area contributed by atoms with Crippen molar-refractivity contribution < 1.29 is 19.0 Å². The predicted octanol–water partition coefficient (Wildman–Crippen LogP) is 6.38. The van der Waals surface area contributed by atoms with Crippen molar-refractivity contribution in [3.63, 3.8) is 0 Å². The van der Waals surface area contributed by atoms with E-state index < -0.39 is 11.9 Å². The van der Waals surface area contributed by atoms with Crippen LogP contribution in [-0.4, -0.2) is 23.2 Å². The van der Waals surface area contributed by atoms with Crippen molar-refractivity contribution in [1.29, 1.82) is 0 Å². The molecule has 4 nitrogen and oxygen atoms in total. The number of ether oxygens (including phenoxy) is 1. The van der Waals surface area contributed by atoms with Gasteiger partial charge in [-0.15, -0.1) is 0 Å². The van der Waals surface area contributed by atoms with Crippen LogP contribution >= 0.6 is 0 Å². The fourth-order valence-corrected chi connectivity index (χ4v) is 5.57. The number of pyridine rings is 1. The van der Waals surface area contributed by atoms with Crippen molar-refractivity contribution in [3.8, 4) is 17.0 Å². The van der Waals surface area contributed by atoms with Crippen LogP contribution in [0.25, 0.3) is 11.1 Å². The zero-order valence-corrected chi connectivity index (χ0v) is 19.6. The van der Waals surface area contributed by atoms with Crippen LogP contribution in [0, 0.1) is 17.7 Å². The van der Waals surface area contributed by atoms with Gasteiger partial charge in [-0.25, -0.2) is 9.37 Å². The van der Waals surface area contributed by atoms with E-state index in [1.165, 1.54) is 11.1 Å². The number of aromatic nitrogens is 1. The molecule has 0 amide bonds. The van der Waals surface area contributed by atoms with Crippen LogP contribution in [0.15, 0.2) is 54.7 Å². The normalized spacial score (nSPS) is 19.2. The van der Waals surface area contributed by atoms with E-state index in [-0.39, 0.29) is 17.7 Å². The highest BCUT2D eigenvalue weighted by Gasteiger charge is 2.39. The van der Waals surface area contributed by atoms with E-state index in [0.29, 0.717) is 11.8 Å². The largest absolute Gasteiger partial charge is 0.481 e. The molecule has 3 unspecified atom stereocenters. The molecule has 2 aromatic carbocycles. The molecule has 1 heterocycles. The Balaban J connectivity index is 1.40. The SMILES string of the molecule is COc1cc(-c2ccc(C3CCc4ccc(C(C5CC5)C(C)C(=O)O)cc4C3)c(F)c2)ccn1. The Bertz CT molecular complexity index is 1220. The number of hydrogen-bond acceptors (Lipinski definition) is 3. The van der Waals surface area contributed by atoms with Crippen LogP contribution in [-0.2, 0) is 17.6 Å². The summed E-state index contributed by atoms with van der Waals surface area (Å²) in [6.07, 6.45) is 6.46. The molecule has 0 spiro atoms. The van der Waals surface area contributed by atoms with Gasteiger partial charge in [0.1, 0.15) is 5.82 Å². The molecule has 0 radical (unpaired) electrons. The number of nitrogens with zero attached hydrogens (tertiary/aromatic N) is 1. The number of fused-ring (bicyclic) bond motifs is 1. The van der Waals surface area contributed by atoms with Gasteiger partial charge in [0.25, 0.3) is 0 Å². The maximum atomic E-state index is 15.3. The first-order valence-corrected chi connectivity index (χ1v) is 12.1. The van der Waals surface area contributed by atoms with Gasteiger partial charge in [0.15, 0.2) is 0 Å². The Morgan fingerprint density at radius 1 is 1.06 bits per heavy atom. The molecule has 1 aromatic heterocycles. The van der Waals surface area contributed by atoms with Gasteiger partial charge in [-0.3, -0.25) is 4.79 Å². The first kappa shape index (κ1) is 22.6. The van der Waals surface area contributed by atoms with E-state index in [1.807, 2.05) is 25.1 Å². The molecule has 2 aliphatic carbocycles. The lowest BCUT2D eigenvalue weighted by Gasteiger charge is -2.28. The number of carboxylic acids is 1. The number of hydrogen-bond donors (Lipinski definition) is 1. The average Bonchev–Trinajstić information content (AvgIpc) is 3.68. The van der Waals surface area contributed by atoms with Gasteiger partial charge in [0.2, 0.25) is 5.88 Å². The number of aryl methyl sites for hydroxylation is 1. The summed E-state index contributed by atoms with van der Waals surface area (Å²) in [7, 11) is 1.57. The molecule has 1 N–H and O–H groups in total. The highest BCUT2D eigenvalue weighted by atomic mass is 19.1. The van der Waals surface area contributed by atoms with E-state index in [4.69, 9.17) is 4.74 Å². The first-order chi connectivity index (χ1) is 16.4. The predicted molar refractivity (Wildman–Crippen MR) is 130 cm³/mol. The minimum atomic E-state index is -0.735. The summed E-state index contributed by atoms with van der Waals surface area (Å²) in [4.78, 5) is 15.8. The van der Waals surface area contributed by atoms with E-state index in [1.54, 1.807) is 25.4 Å². The highest BCUT2D eigenvalue weighted by Crippen LogP contribution is 2.47. The maximum absolute atomic E-state index is 15.3. The number of methoxy groups -OCH3 is 1. The summed E-state index contributed by atoms with van der Waals surface area (Å²) in [6, 6.07) is 15.6. The molecule has 1 fully saturated rings. The van der Waals surface area contributed by atoms with Gasteiger partial charge >= 0.3 is 5.97 Å². The monoisotopic (exact) mass is 459 g/mol. The van der Waals surface area contributed by atoms with E-state index in [0.717, 1.165) is 54.4 Å². The van der Waals surface area contributed by atoms with Crippen LogP contribution < -0.4 is 4.74 Å². The van der Waals surface area contributed by atoms with Crippen molar-refractivity contribution >= 4 is 5.97 Å². The molecule has 0 bridgehead atoms. The fraction of sp³-hybridized carbons (Fsp3) is 0.379. The standard InChI is InChI=1S/C29H30FNO3/c1-17(29(32)33)28(19-5-6-19)23-8-4-18-3-7-22(13-24(18)14-23)25-10-9-20(15-26(25)30)21-11-12-31-27(16-21)34-2/h4,8-12,14-17,19,22,28H,3,5-7,13H2,1-2H3,(H,32,33). The molecular formula is C29H30FNO3. The minimum Gasteiger partial charge on any atom is -0.481 e. The third-order valence-corrected chi connectivity index (χ3v) is 7.62. The van der Waals surface area contributed by atoms with Crippen LogP contribution in [0.1, 0.15) is 60.3 Å². The average molecular weight is 460 g/mol. The van der Waals surface area contributed by atoms with Crippen LogP contribution in [0.3, 0.4) is 0 Å².